The van der Waals surface area contributed by atoms with Crippen molar-refractivity contribution in [2.45, 2.75) is 32.2 Å². The molecule has 270 valence electrons. The van der Waals surface area contributed by atoms with E-state index >= 15 is 0 Å². The van der Waals surface area contributed by atoms with Gasteiger partial charge in [-0.15, -0.1) is 6.58 Å². The summed E-state index contributed by atoms with van der Waals surface area (Å²) >= 11 is 0. The number of nitrogens with zero attached hydrogens (tertiary/aromatic N) is 8. The predicted octanol–water partition coefficient (Wildman–Crippen LogP) is 2.34. The van der Waals surface area contributed by atoms with Gasteiger partial charge >= 0.3 is 6.03 Å². The molecular weight excluding hydrogens is 646 g/mol. The number of carbonyl (C=O) groups excluding carboxylic acids is 3. The summed E-state index contributed by atoms with van der Waals surface area (Å²) in [7, 11) is 2.17. The van der Waals surface area contributed by atoms with Crippen LogP contribution in [-0.4, -0.2) is 142 Å². The number of fused-ring (bicyclic) bond motifs is 1. The largest absolute Gasteiger partial charge is 0.508 e. The van der Waals surface area contributed by atoms with Gasteiger partial charge in [0.1, 0.15) is 24.3 Å². The molecule has 51 heavy (non-hydrogen) atoms. The highest BCUT2D eigenvalue weighted by Crippen LogP contribution is 2.26. The van der Waals surface area contributed by atoms with Gasteiger partial charge in [0.2, 0.25) is 11.8 Å². The van der Waals surface area contributed by atoms with Gasteiger partial charge in [-0.05, 0) is 43.8 Å². The highest BCUT2D eigenvalue weighted by molar-refractivity contribution is 5.89. The SMILES string of the molecule is C=CCN1CC(=O)N2CC(=O)N(Cc3cccc(N4CC(N5CCN(C)CC5)C4)n3)C[C@@H]2N1C(=O)NCc1ccccc1.Cc1ccc(O)cc1. The molecule has 13 nitrogen and oxygen atoms in total. The molecule has 0 radical (unpaired) electrons. The second kappa shape index (κ2) is 16.4. The van der Waals surface area contributed by atoms with Crippen LogP contribution in [0, 0.1) is 6.92 Å². The van der Waals surface area contributed by atoms with Crippen LogP contribution in [0.1, 0.15) is 16.8 Å². The maximum atomic E-state index is 13.6. The second-order valence-corrected chi connectivity index (χ2v) is 13.6. The number of nitrogens with one attached hydrogen (secondary N) is 1. The Morgan fingerprint density at radius 3 is 2.33 bits per heavy atom. The maximum Gasteiger partial charge on any atom is 0.334 e. The third-order valence-corrected chi connectivity index (χ3v) is 9.88. The molecule has 13 heteroatoms. The van der Waals surface area contributed by atoms with Crippen LogP contribution in [0.3, 0.4) is 0 Å². The van der Waals surface area contributed by atoms with E-state index in [4.69, 9.17) is 10.1 Å². The number of anilines is 1. The lowest BCUT2D eigenvalue weighted by atomic mass is 10.1. The zero-order valence-corrected chi connectivity index (χ0v) is 29.6. The molecule has 4 amide bonds. The lowest BCUT2D eigenvalue weighted by Gasteiger charge is -2.52. The number of aromatic nitrogens is 1. The molecule has 0 saturated carbocycles. The summed E-state index contributed by atoms with van der Waals surface area (Å²) in [6.07, 6.45) is 1.05. The van der Waals surface area contributed by atoms with Crippen LogP contribution in [-0.2, 0) is 22.7 Å². The lowest BCUT2D eigenvalue weighted by molar-refractivity contribution is -0.180. The molecule has 3 aromatic rings. The molecular formula is C38H49N9O4. The fourth-order valence-corrected chi connectivity index (χ4v) is 6.83. The highest BCUT2D eigenvalue weighted by atomic mass is 16.3. The molecule has 7 rings (SSSR count). The van der Waals surface area contributed by atoms with E-state index in [1.807, 2.05) is 67.6 Å². The van der Waals surface area contributed by atoms with Gasteiger partial charge in [-0.2, -0.15) is 0 Å². The number of phenols is 1. The monoisotopic (exact) mass is 695 g/mol. The average molecular weight is 696 g/mol. The summed E-state index contributed by atoms with van der Waals surface area (Å²) in [5.74, 6) is 0.911. The molecule has 1 atom stereocenters. The number of hydrogen-bond acceptors (Lipinski definition) is 9. The Morgan fingerprint density at radius 1 is 0.922 bits per heavy atom. The van der Waals surface area contributed by atoms with Crippen molar-refractivity contribution in [1.29, 1.82) is 0 Å². The Bertz CT molecular complexity index is 1640. The number of amides is 4. The van der Waals surface area contributed by atoms with Crippen LogP contribution in [0.5, 0.6) is 5.75 Å². The highest BCUT2D eigenvalue weighted by Gasteiger charge is 2.46. The minimum atomic E-state index is -0.627. The number of phenolic OH excluding ortho intramolecular Hbond substituents is 1. The molecule has 0 bridgehead atoms. The molecule has 1 aromatic heterocycles. The number of carbonyl (C=O) groups is 3. The molecule has 0 unspecified atom stereocenters. The average Bonchev–Trinajstić information content (AvgIpc) is 3.11. The molecule has 4 saturated heterocycles. The summed E-state index contributed by atoms with van der Waals surface area (Å²) in [5, 5.41) is 15.0. The number of aryl methyl sites for hydroxylation is 1. The van der Waals surface area contributed by atoms with E-state index in [1.165, 1.54) is 10.5 Å². The Kier molecular flexibility index (Phi) is 11.5. The van der Waals surface area contributed by atoms with Crippen LogP contribution >= 0.6 is 0 Å². The van der Waals surface area contributed by atoms with E-state index < -0.39 is 6.17 Å². The van der Waals surface area contributed by atoms with Crippen LogP contribution < -0.4 is 10.2 Å². The Hall–Kier alpha value is -4.98. The third kappa shape index (κ3) is 8.85. The fraction of sp³-hybridized carbons (Fsp3) is 0.421. The first-order valence-corrected chi connectivity index (χ1v) is 17.6. The summed E-state index contributed by atoms with van der Waals surface area (Å²) in [4.78, 5) is 55.3. The van der Waals surface area contributed by atoms with Gasteiger partial charge in [0.05, 0.1) is 25.3 Å². The second-order valence-electron chi connectivity index (χ2n) is 13.6. The topological polar surface area (TPSA) is 119 Å². The van der Waals surface area contributed by atoms with E-state index in [2.05, 4.69) is 33.6 Å². The minimum Gasteiger partial charge on any atom is -0.508 e. The normalized spacial score (nSPS) is 20.3. The van der Waals surface area contributed by atoms with E-state index in [0.29, 0.717) is 31.4 Å². The van der Waals surface area contributed by atoms with Gasteiger partial charge in [0.15, 0.2) is 0 Å². The van der Waals surface area contributed by atoms with Gasteiger partial charge in [-0.25, -0.2) is 19.8 Å². The lowest BCUT2D eigenvalue weighted by Crippen LogP contribution is -2.73. The predicted molar refractivity (Wildman–Crippen MR) is 195 cm³/mol. The van der Waals surface area contributed by atoms with Crippen molar-refractivity contribution in [2.24, 2.45) is 0 Å². The molecule has 4 aliphatic heterocycles. The zero-order valence-electron chi connectivity index (χ0n) is 29.6. The smallest absolute Gasteiger partial charge is 0.334 e. The summed E-state index contributed by atoms with van der Waals surface area (Å²) in [6.45, 7) is 13.2. The first kappa shape index (κ1) is 35.8. The standard InChI is InChI=1S/C31H41N9O3.C7H8O/c1-3-12-38-22-30(42)39-23-29(41)37(21-28(39)40(38)31(43)32-17-24-8-5-4-6-9-24)18-25-10-7-11-27(33-25)36-19-26(20-36)35-15-13-34(2)14-16-35;1-6-2-4-7(8)5-3-6/h3-11,26,28H,1,12-23H2,2H3,(H,32,43);2-5,8H,1H3/t28-;/m0./s1. The van der Waals surface area contributed by atoms with Gasteiger partial charge in [0, 0.05) is 58.4 Å². The van der Waals surface area contributed by atoms with E-state index in [0.717, 1.165) is 56.3 Å². The fourth-order valence-electron chi connectivity index (χ4n) is 6.83. The number of benzene rings is 2. The minimum absolute atomic E-state index is 0.00309. The van der Waals surface area contributed by atoms with Gasteiger partial charge < -0.3 is 30.0 Å². The number of pyridine rings is 1. The van der Waals surface area contributed by atoms with Gasteiger partial charge in [-0.3, -0.25) is 14.5 Å². The summed E-state index contributed by atoms with van der Waals surface area (Å²) in [5.41, 5.74) is 2.93. The number of hydrogen-bond donors (Lipinski definition) is 2. The number of likely N-dealkylation sites (N-methyl/N-ethyl adjacent to an activating group) is 1. The molecule has 5 heterocycles. The Labute approximate surface area is 300 Å². The number of urea groups is 1. The van der Waals surface area contributed by atoms with Crippen LogP contribution in [0.25, 0.3) is 0 Å². The van der Waals surface area contributed by atoms with Gasteiger partial charge in [-0.1, -0.05) is 60.2 Å². The number of hydrazine groups is 1. The first-order valence-electron chi connectivity index (χ1n) is 17.6. The van der Waals surface area contributed by atoms with Crippen molar-refractivity contribution in [3.8, 4) is 5.75 Å². The Morgan fingerprint density at radius 2 is 1.65 bits per heavy atom. The molecule has 2 N–H and O–H groups in total. The van der Waals surface area contributed by atoms with Crippen LogP contribution in [0.2, 0.25) is 0 Å². The van der Waals surface area contributed by atoms with E-state index in [1.54, 1.807) is 33.1 Å². The first-order chi connectivity index (χ1) is 24.7. The van der Waals surface area contributed by atoms with Crippen molar-refractivity contribution in [1.82, 2.24) is 39.9 Å². The van der Waals surface area contributed by atoms with Crippen LogP contribution in [0.15, 0.2) is 85.5 Å². The number of piperazine rings is 2. The summed E-state index contributed by atoms with van der Waals surface area (Å²) in [6, 6.07) is 22.9. The summed E-state index contributed by atoms with van der Waals surface area (Å²) < 4.78 is 0. The third-order valence-electron chi connectivity index (χ3n) is 9.88. The van der Waals surface area contributed by atoms with Crippen molar-refractivity contribution >= 4 is 23.7 Å². The number of rotatable bonds is 8. The number of aromatic hydroxyl groups is 1. The molecule has 0 aliphatic carbocycles. The quantitative estimate of drug-likeness (QED) is 0.343. The molecule has 0 spiro atoms. The van der Waals surface area contributed by atoms with E-state index in [-0.39, 0.29) is 37.5 Å². The molecule has 4 aliphatic rings. The van der Waals surface area contributed by atoms with Crippen LogP contribution in [0.4, 0.5) is 10.6 Å². The zero-order chi connectivity index (χ0) is 35.9. The van der Waals surface area contributed by atoms with Crippen molar-refractivity contribution < 1.29 is 19.5 Å². The maximum absolute atomic E-state index is 13.6. The Balaban J connectivity index is 0.000000495. The van der Waals surface area contributed by atoms with Gasteiger partial charge in [0.25, 0.3) is 0 Å². The molecule has 2 aromatic carbocycles. The van der Waals surface area contributed by atoms with Crippen molar-refractivity contribution in [3.05, 3.63) is 102 Å². The molecule has 4 fully saturated rings. The van der Waals surface area contributed by atoms with Crippen molar-refractivity contribution in [2.75, 3.05) is 77.4 Å². The van der Waals surface area contributed by atoms with Crippen molar-refractivity contribution in [3.63, 3.8) is 0 Å². The van der Waals surface area contributed by atoms with E-state index in [9.17, 15) is 14.4 Å².